The zero-order valence-electron chi connectivity index (χ0n) is 16.1. The Bertz CT molecular complexity index is 806. The summed E-state index contributed by atoms with van der Waals surface area (Å²) in [7, 11) is 1.55. The standard InChI is InChI=1S/C21H25ClN2O3/c1-14-5-6-15(2)19(11-14)27-13-20(25)24(16(3)21(26)23-4)12-17-7-9-18(22)10-8-17/h5-11,16H,12-13H2,1-4H3,(H,23,26). The quantitative estimate of drug-likeness (QED) is 0.789. The second-order valence-corrected chi connectivity index (χ2v) is 6.93. The van der Waals surface area contributed by atoms with E-state index in [0.29, 0.717) is 17.3 Å². The number of ether oxygens (including phenoxy) is 1. The van der Waals surface area contributed by atoms with Crippen LogP contribution in [0.2, 0.25) is 5.02 Å². The van der Waals surface area contributed by atoms with Crippen molar-refractivity contribution in [3.05, 3.63) is 64.2 Å². The average Bonchev–Trinajstić information content (AvgIpc) is 2.66. The number of hydrogen-bond donors (Lipinski definition) is 1. The number of likely N-dealkylation sites (N-methyl/N-ethyl adjacent to an activating group) is 1. The molecular weight excluding hydrogens is 364 g/mol. The van der Waals surface area contributed by atoms with Gasteiger partial charge in [-0.05, 0) is 55.7 Å². The summed E-state index contributed by atoms with van der Waals surface area (Å²) >= 11 is 5.93. The number of benzene rings is 2. The summed E-state index contributed by atoms with van der Waals surface area (Å²) in [5.74, 6) is 0.174. The Morgan fingerprint density at radius 3 is 2.44 bits per heavy atom. The third kappa shape index (κ3) is 5.73. The number of aryl methyl sites for hydroxylation is 2. The van der Waals surface area contributed by atoms with E-state index in [1.807, 2.05) is 44.2 Å². The Balaban J connectivity index is 2.15. The fourth-order valence-electron chi connectivity index (χ4n) is 2.66. The van der Waals surface area contributed by atoms with Crippen molar-refractivity contribution >= 4 is 23.4 Å². The van der Waals surface area contributed by atoms with E-state index in [1.54, 1.807) is 26.1 Å². The van der Waals surface area contributed by atoms with E-state index < -0.39 is 6.04 Å². The van der Waals surface area contributed by atoms with Crippen molar-refractivity contribution in [2.75, 3.05) is 13.7 Å². The zero-order valence-corrected chi connectivity index (χ0v) is 16.8. The molecule has 0 aliphatic rings. The predicted molar refractivity (Wildman–Crippen MR) is 107 cm³/mol. The molecule has 0 saturated carbocycles. The van der Waals surface area contributed by atoms with Gasteiger partial charge in [-0.1, -0.05) is 35.9 Å². The average molecular weight is 389 g/mol. The number of amides is 2. The molecule has 0 aliphatic heterocycles. The van der Waals surface area contributed by atoms with Gasteiger partial charge in [0.25, 0.3) is 5.91 Å². The van der Waals surface area contributed by atoms with Crippen molar-refractivity contribution in [1.82, 2.24) is 10.2 Å². The fraction of sp³-hybridized carbons (Fsp3) is 0.333. The highest BCUT2D eigenvalue weighted by Gasteiger charge is 2.26. The van der Waals surface area contributed by atoms with Crippen molar-refractivity contribution in [1.29, 1.82) is 0 Å². The molecule has 0 aliphatic carbocycles. The molecule has 0 spiro atoms. The van der Waals surface area contributed by atoms with E-state index in [9.17, 15) is 9.59 Å². The largest absolute Gasteiger partial charge is 0.483 e. The van der Waals surface area contributed by atoms with E-state index in [0.717, 1.165) is 16.7 Å². The second kappa shape index (κ2) is 9.42. The van der Waals surface area contributed by atoms with Crippen LogP contribution >= 0.6 is 11.6 Å². The maximum atomic E-state index is 12.8. The molecule has 27 heavy (non-hydrogen) atoms. The topological polar surface area (TPSA) is 58.6 Å². The van der Waals surface area contributed by atoms with Crippen LogP contribution in [0.25, 0.3) is 0 Å². The number of carbonyl (C=O) groups is 2. The summed E-state index contributed by atoms with van der Waals surface area (Å²) in [4.78, 5) is 26.5. The van der Waals surface area contributed by atoms with Crippen LogP contribution in [0, 0.1) is 13.8 Å². The SMILES string of the molecule is CNC(=O)C(C)N(Cc1ccc(Cl)cc1)C(=O)COc1cc(C)ccc1C. The minimum atomic E-state index is -0.625. The molecule has 0 bridgehead atoms. The van der Waals surface area contributed by atoms with Crippen LogP contribution in [-0.4, -0.2) is 36.4 Å². The van der Waals surface area contributed by atoms with Crippen molar-refractivity contribution in [2.24, 2.45) is 0 Å². The molecule has 5 nitrogen and oxygen atoms in total. The minimum absolute atomic E-state index is 0.140. The van der Waals surface area contributed by atoms with Crippen LogP contribution in [0.15, 0.2) is 42.5 Å². The maximum absolute atomic E-state index is 12.8. The predicted octanol–water partition coefficient (Wildman–Crippen LogP) is 3.50. The summed E-state index contributed by atoms with van der Waals surface area (Å²) < 4.78 is 5.74. The number of carbonyl (C=O) groups excluding carboxylic acids is 2. The first kappa shape index (κ1) is 20.8. The molecule has 0 saturated heterocycles. The number of nitrogens with zero attached hydrogens (tertiary/aromatic N) is 1. The first-order chi connectivity index (χ1) is 12.8. The Kier molecular flexibility index (Phi) is 7.25. The highest BCUT2D eigenvalue weighted by Crippen LogP contribution is 2.20. The Morgan fingerprint density at radius 1 is 1.15 bits per heavy atom. The van der Waals surface area contributed by atoms with Gasteiger partial charge in [0, 0.05) is 18.6 Å². The lowest BCUT2D eigenvalue weighted by Gasteiger charge is -2.28. The molecule has 1 N–H and O–H groups in total. The molecule has 2 aromatic rings. The Morgan fingerprint density at radius 2 is 1.81 bits per heavy atom. The van der Waals surface area contributed by atoms with E-state index >= 15 is 0 Å². The van der Waals surface area contributed by atoms with Crippen LogP contribution in [0.1, 0.15) is 23.6 Å². The van der Waals surface area contributed by atoms with Crippen molar-refractivity contribution < 1.29 is 14.3 Å². The van der Waals surface area contributed by atoms with Gasteiger partial charge in [-0.2, -0.15) is 0 Å². The van der Waals surface area contributed by atoms with Gasteiger partial charge in [0.15, 0.2) is 6.61 Å². The summed E-state index contributed by atoms with van der Waals surface area (Å²) in [6, 6.07) is 12.4. The number of hydrogen-bond acceptors (Lipinski definition) is 3. The van der Waals surface area contributed by atoms with Gasteiger partial charge in [-0.15, -0.1) is 0 Å². The molecule has 0 radical (unpaired) electrons. The van der Waals surface area contributed by atoms with Crippen molar-refractivity contribution in [3.63, 3.8) is 0 Å². The molecule has 144 valence electrons. The van der Waals surface area contributed by atoms with Crippen molar-refractivity contribution in [2.45, 2.75) is 33.4 Å². The highest BCUT2D eigenvalue weighted by atomic mass is 35.5. The number of halogens is 1. The maximum Gasteiger partial charge on any atom is 0.261 e. The van der Waals surface area contributed by atoms with Crippen molar-refractivity contribution in [3.8, 4) is 5.75 Å². The summed E-state index contributed by atoms with van der Waals surface area (Å²) in [6.45, 7) is 5.75. The third-order valence-electron chi connectivity index (χ3n) is 4.37. The van der Waals surface area contributed by atoms with Gasteiger partial charge in [0.2, 0.25) is 5.91 Å². The lowest BCUT2D eigenvalue weighted by molar-refractivity contribution is -0.142. The van der Waals surface area contributed by atoms with Crippen LogP contribution in [0.3, 0.4) is 0 Å². The molecule has 1 unspecified atom stereocenters. The molecule has 0 heterocycles. The molecule has 0 aromatic heterocycles. The molecule has 6 heteroatoms. The summed E-state index contributed by atoms with van der Waals surface area (Å²) in [5, 5.41) is 3.21. The van der Waals surface area contributed by atoms with Crippen LogP contribution in [-0.2, 0) is 16.1 Å². The minimum Gasteiger partial charge on any atom is -0.483 e. The molecule has 0 fully saturated rings. The van der Waals surface area contributed by atoms with Gasteiger partial charge in [-0.3, -0.25) is 9.59 Å². The molecule has 1 atom stereocenters. The highest BCUT2D eigenvalue weighted by molar-refractivity contribution is 6.30. The van der Waals surface area contributed by atoms with Gasteiger partial charge in [0.05, 0.1) is 0 Å². The molecule has 2 rings (SSSR count). The molecule has 2 amide bonds. The lowest BCUT2D eigenvalue weighted by Crippen LogP contribution is -2.48. The lowest BCUT2D eigenvalue weighted by atomic mass is 10.1. The van der Waals surface area contributed by atoms with Crippen LogP contribution in [0.5, 0.6) is 5.75 Å². The number of nitrogens with one attached hydrogen (secondary N) is 1. The van der Waals surface area contributed by atoms with E-state index in [2.05, 4.69) is 5.32 Å². The van der Waals surface area contributed by atoms with E-state index in [-0.39, 0.29) is 18.4 Å². The number of rotatable bonds is 7. The monoisotopic (exact) mass is 388 g/mol. The second-order valence-electron chi connectivity index (χ2n) is 6.50. The van der Waals surface area contributed by atoms with Crippen LogP contribution in [0.4, 0.5) is 0 Å². The smallest absolute Gasteiger partial charge is 0.261 e. The normalized spacial score (nSPS) is 11.6. The summed E-state index contributed by atoms with van der Waals surface area (Å²) in [6.07, 6.45) is 0. The molecular formula is C21H25ClN2O3. The fourth-order valence-corrected chi connectivity index (χ4v) is 2.79. The molecule has 2 aromatic carbocycles. The van der Waals surface area contributed by atoms with E-state index in [4.69, 9.17) is 16.3 Å². The van der Waals surface area contributed by atoms with Gasteiger partial charge >= 0.3 is 0 Å². The first-order valence-electron chi connectivity index (χ1n) is 8.77. The van der Waals surface area contributed by atoms with Gasteiger partial charge in [0.1, 0.15) is 11.8 Å². The zero-order chi connectivity index (χ0) is 20.0. The van der Waals surface area contributed by atoms with Crippen LogP contribution < -0.4 is 10.1 Å². The van der Waals surface area contributed by atoms with Gasteiger partial charge < -0.3 is 15.0 Å². The summed E-state index contributed by atoms with van der Waals surface area (Å²) in [5.41, 5.74) is 2.90. The Labute approximate surface area is 165 Å². The van der Waals surface area contributed by atoms with E-state index in [1.165, 1.54) is 4.90 Å². The first-order valence-corrected chi connectivity index (χ1v) is 9.15. The Hall–Kier alpha value is -2.53. The third-order valence-corrected chi connectivity index (χ3v) is 4.63. The van der Waals surface area contributed by atoms with Gasteiger partial charge in [-0.25, -0.2) is 0 Å².